The first-order valence-corrected chi connectivity index (χ1v) is 7.44. The molecule has 2 N–H and O–H groups in total. The molecular weight excluding hydrogens is 206 g/mol. The van der Waals surface area contributed by atoms with Crippen LogP contribution in [0.2, 0.25) is 0 Å². The Bertz CT molecular complexity index is 151. The summed E-state index contributed by atoms with van der Waals surface area (Å²) in [6.07, 6.45) is 12.9. The maximum Gasteiger partial charge on any atom is 0.217 e. The van der Waals surface area contributed by atoms with Gasteiger partial charge in [0.05, 0.1) is 0 Å². The van der Waals surface area contributed by atoms with Gasteiger partial charge in [-0.05, 0) is 24.9 Å². The van der Waals surface area contributed by atoms with Gasteiger partial charge in [0.15, 0.2) is 0 Å². The van der Waals surface area contributed by atoms with Crippen molar-refractivity contribution in [2.45, 2.75) is 57.8 Å². The molecule has 0 spiro atoms. The zero-order valence-electron chi connectivity index (χ0n) is 9.96. The number of hydrogen-bond acceptors (Lipinski definition) is 2. The fraction of sp³-hybridized carbons (Fsp3) is 0.917. The normalized spacial score (nSPS) is 10.5. The van der Waals surface area contributed by atoms with Gasteiger partial charge in [0.1, 0.15) is 0 Å². The minimum Gasteiger partial charge on any atom is -0.370 e. The number of hydrogen-bond donors (Lipinski definition) is 1. The van der Waals surface area contributed by atoms with E-state index in [1.165, 1.54) is 44.3 Å². The highest BCUT2D eigenvalue weighted by Crippen LogP contribution is 2.10. The quantitative estimate of drug-likeness (QED) is 0.554. The van der Waals surface area contributed by atoms with Crippen molar-refractivity contribution in [2.75, 3.05) is 12.0 Å². The molecule has 0 saturated heterocycles. The van der Waals surface area contributed by atoms with E-state index in [1.807, 2.05) is 11.8 Å². The molecule has 0 unspecified atom stereocenters. The van der Waals surface area contributed by atoms with Gasteiger partial charge in [-0.1, -0.05) is 38.5 Å². The predicted octanol–water partition coefficient (Wildman–Crippen LogP) is 3.35. The van der Waals surface area contributed by atoms with Crippen LogP contribution in [0.3, 0.4) is 0 Å². The Labute approximate surface area is 98.4 Å². The van der Waals surface area contributed by atoms with Gasteiger partial charge in [-0.25, -0.2) is 0 Å². The van der Waals surface area contributed by atoms with E-state index in [-0.39, 0.29) is 5.91 Å². The van der Waals surface area contributed by atoms with Crippen molar-refractivity contribution >= 4 is 17.7 Å². The number of primary amides is 1. The van der Waals surface area contributed by atoms with E-state index >= 15 is 0 Å². The molecule has 90 valence electrons. The van der Waals surface area contributed by atoms with E-state index in [1.54, 1.807) is 0 Å². The zero-order valence-corrected chi connectivity index (χ0v) is 10.8. The van der Waals surface area contributed by atoms with Crippen molar-refractivity contribution in [2.24, 2.45) is 5.73 Å². The van der Waals surface area contributed by atoms with Crippen LogP contribution in [0.4, 0.5) is 0 Å². The van der Waals surface area contributed by atoms with Gasteiger partial charge in [-0.15, -0.1) is 0 Å². The summed E-state index contributed by atoms with van der Waals surface area (Å²) < 4.78 is 0. The number of carbonyl (C=O) groups is 1. The summed E-state index contributed by atoms with van der Waals surface area (Å²) in [4.78, 5) is 10.5. The fourth-order valence-electron chi connectivity index (χ4n) is 1.61. The molecule has 0 fully saturated rings. The monoisotopic (exact) mass is 231 g/mol. The van der Waals surface area contributed by atoms with Crippen LogP contribution in [0, 0.1) is 0 Å². The molecule has 0 atom stereocenters. The molecule has 0 bridgehead atoms. The van der Waals surface area contributed by atoms with Gasteiger partial charge in [0.2, 0.25) is 5.91 Å². The van der Waals surface area contributed by atoms with E-state index in [0.717, 1.165) is 12.8 Å². The molecular formula is C12H25NOS. The second-order valence-corrected chi connectivity index (χ2v) is 5.02. The summed E-state index contributed by atoms with van der Waals surface area (Å²) >= 11 is 1.94. The lowest BCUT2D eigenvalue weighted by Crippen LogP contribution is -2.09. The Balaban J connectivity index is 2.89. The van der Waals surface area contributed by atoms with Crippen molar-refractivity contribution < 1.29 is 4.79 Å². The van der Waals surface area contributed by atoms with Crippen LogP contribution in [-0.2, 0) is 4.79 Å². The highest BCUT2D eigenvalue weighted by atomic mass is 32.2. The van der Waals surface area contributed by atoms with Gasteiger partial charge in [0.25, 0.3) is 0 Å². The van der Waals surface area contributed by atoms with Gasteiger partial charge in [0, 0.05) is 6.42 Å². The Morgan fingerprint density at radius 3 is 1.87 bits per heavy atom. The summed E-state index contributed by atoms with van der Waals surface area (Å²) in [6, 6.07) is 0. The molecule has 0 aliphatic carbocycles. The van der Waals surface area contributed by atoms with Gasteiger partial charge >= 0.3 is 0 Å². The molecule has 0 aliphatic heterocycles. The number of amides is 1. The first-order valence-electron chi connectivity index (χ1n) is 6.04. The number of unbranched alkanes of at least 4 members (excludes halogenated alkanes) is 7. The molecule has 0 aromatic heterocycles. The lowest BCUT2D eigenvalue weighted by molar-refractivity contribution is -0.118. The van der Waals surface area contributed by atoms with E-state index in [4.69, 9.17) is 5.73 Å². The van der Waals surface area contributed by atoms with Crippen LogP contribution in [-0.4, -0.2) is 17.9 Å². The third kappa shape index (κ3) is 13.8. The highest BCUT2D eigenvalue weighted by Gasteiger charge is 1.95. The first-order chi connectivity index (χ1) is 7.27. The molecule has 0 saturated carbocycles. The molecule has 0 aromatic carbocycles. The molecule has 0 aromatic rings. The van der Waals surface area contributed by atoms with E-state index < -0.39 is 0 Å². The Kier molecular flexibility index (Phi) is 11.7. The van der Waals surface area contributed by atoms with Crippen LogP contribution in [0.25, 0.3) is 0 Å². The zero-order chi connectivity index (χ0) is 11.4. The number of rotatable bonds is 11. The van der Waals surface area contributed by atoms with Gasteiger partial charge in [-0.3, -0.25) is 4.79 Å². The predicted molar refractivity (Wildman–Crippen MR) is 69.1 cm³/mol. The first kappa shape index (κ1) is 14.8. The summed E-state index contributed by atoms with van der Waals surface area (Å²) in [7, 11) is 0. The minimum absolute atomic E-state index is 0.160. The van der Waals surface area contributed by atoms with Crippen molar-refractivity contribution in [1.82, 2.24) is 0 Å². The lowest BCUT2D eigenvalue weighted by Gasteiger charge is -2.01. The minimum atomic E-state index is -0.160. The molecule has 1 amide bonds. The highest BCUT2D eigenvalue weighted by molar-refractivity contribution is 7.98. The molecule has 0 aliphatic rings. The van der Waals surface area contributed by atoms with Crippen molar-refractivity contribution in [3.05, 3.63) is 0 Å². The number of nitrogens with two attached hydrogens (primary N) is 1. The average molecular weight is 231 g/mol. The van der Waals surface area contributed by atoms with Crippen LogP contribution in [0.15, 0.2) is 0 Å². The van der Waals surface area contributed by atoms with Crippen LogP contribution < -0.4 is 5.73 Å². The molecule has 2 nitrogen and oxygen atoms in total. The Morgan fingerprint density at radius 1 is 0.933 bits per heavy atom. The van der Waals surface area contributed by atoms with Crippen LogP contribution >= 0.6 is 11.8 Å². The van der Waals surface area contributed by atoms with Gasteiger partial charge < -0.3 is 5.73 Å². The summed E-state index contributed by atoms with van der Waals surface area (Å²) in [5.74, 6) is 1.14. The third-order valence-corrected chi connectivity index (χ3v) is 3.22. The van der Waals surface area contributed by atoms with Crippen LogP contribution in [0.1, 0.15) is 57.8 Å². The molecule has 3 heteroatoms. The van der Waals surface area contributed by atoms with Gasteiger partial charge in [-0.2, -0.15) is 11.8 Å². The largest absolute Gasteiger partial charge is 0.370 e. The second kappa shape index (κ2) is 11.9. The molecule has 15 heavy (non-hydrogen) atoms. The molecule has 0 rings (SSSR count). The fourth-order valence-corrected chi connectivity index (χ4v) is 2.10. The second-order valence-electron chi connectivity index (χ2n) is 4.04. The van der Waals surface area contributed by atoms with E-state index in [9.17, 15) is 4.79 Å². The topological polar surface area (TPSA) is 43.1 Å². The lowest BCUT2D eigenvalue weighted by atomic mass is 10.1. The Hall–Kier alpha value is -0.180. The van der Waals surface area contributed by atoms with Crippen molar-refractivity contribution in [3.8, 4) is 0 Å². The van der Waals surface area contributed by atoms with Crippen molar-refractivity contribution in [3.63, 3.8) is 0 Å². The maximum absolute atomic E-state index is 10.5. The van der Waals surface area contributed by atoms with Crippen molar-refractivity contribution in [1.29, 1.82) is 0 Å². The third-order valence-electron chi connectivity index (χ3n) is 2.52. The molecule has 0 heterocycles. The Morgan fingerprint density at radius 2 is 1.40 bits per heavy atom. The standard InChI is InChI=1S/C12H25NOS/c1-15-11-9-7-5-3-2-4-6-8-10-12(13)14/h2-11H2,1H3,(H2,13,14). The van der Waals surface area contributed by atoms with E-state index in [0.29, 0.717) is 6.42 Å². The maximum atomic E-state index is 10.5. The SMILES string of the molecule is CSCCCCCCCCCCC(N)=O. The number of carbonyl (C=O) groups excluding carboxylic acids is 1. The average Bonchev–Trinajstić information content (AvgIpc) is 2.20. The van der Waals surface area contributed by atoms with Crippen LogP contribution in [0.5, 0.6) is 0 Å². The smallest absolute Gasteiger partial charge is 0.217 e. The molecule has 0 radical (unpaired) electrons. The summed E-state index contributed by atoms with van der Waals surface area (Å²) in [5.41, 5.74) is 5.06. The van der Waals surface area contributed by atoms with E-state index in [2.05, 4.69) is 6.26 Å². The summed E-state index contributed by atoms with van der Waals surface area (Å²) in [6.45, 7) is 0. The summed E-state index contributed by atoms with van der Waals surface area (Å²) in [5, 5.41) is 0. The number of thioether (sulfide) groups is 1.